The Balaban J connectivity index is 1.46. The van der Waals surface area contributed by atoms with Gasteiger partial charge in [0, 0.05) is 37.6 Å². The topological polar surface area (TPSA) is 32.6 Å². The zero-order chi connectivity index (χ0) is 14.1. The van der Waals surface area contributed by atoms with Gasteiger partial charge in [-0.3, -0.25) is 4.90 Å². The van der Waals surface area contributed by atoms with Gasteiger partial charge in [-0.25, -0.2) is 4.98 Å². The van der Waals surface area contributed by atoms with Crippen molar-refractivity contribution in [3.63, 3.8) is 0 Å². The largest absolute Gasteiger partial charge is 0.313 e. The molecule has 1 N–H and O–H groups in total. The van der Waals surface area contributed by atoms with Gasteiger partial charge >= 0.3 is 0 Å². The number of pyridine rings is 1. The zero-order valence-corrected chi connectivity index (χ0v) is 12.5. The molecule has 1 saturated heterocycles. The summed E-state index contributed by atoms with van der Waals surface area (Å²) in [7, 11) is 0. The van der Waals surface area contributed by atoms with Crippen LogP contribution in [0.1, 0.15) is 37.8 Å². The maximum atomic E-state index is 4.76. The second-order valence-corrected chi connectivity index (χ2v) is 6.51. The van der Waals surface area contributed by atoms with Gasteiger partial charge in [0.05, 0.1) is 5.69 Å². The quantitative estimate of drug-likeness (QED) is 0.915. The average Bonchev–Trinajstić information content (AvgIpc) is 3.28. The third kappa shape index (κ3) is 3.11. The summed E-state index contributed by atoms with van der Waals surface area (Å²) < 4.78 is 2.12. The third-order valence-corrected chi connectivity index (χ3v) is 4.71. The number of aromatic nitrogens is 2. The minimum Gasteiger partial charge on any atom is -0.313 e. The SMILES string of the molecule is c1ccn2cc(CN(CC3CCCCN3)C3CC3)nc2c1. The van der Waals surface area contributed by atoms with Crippen molar-refractivity contribution in [2.45, 2.75) is 50.7 Å². The van der Waals surface area contributed by atoms with E-state index in [1.54, 1.807) is 0 Å². The molecule has 2 aromatic rings. The molecule has 0 spiro atoms. The first-order chi connectivity index (χ1) is 10.4. The minimum absolute atomic E-state index is 0.677. The molecule has 1 unspecified atom stereocenters. The highest BCUT2D eigenvalue weighted by atomic mass is 15.2. The summed E-state index contributed by atoms with van der Waals surface area (Å²) in [5, 5.41) is 3.68. The number of hydrogen-bond acceptors (Lipinski definition) is 3. The van der Waals surface area contributed by atoms with Crippen molar-refractivity contribution < 1.29 is 0 Å². The molecule has 112 valence electrons. The molecule has 2 aliphatic rings. The number of fused-ring (bicyclic) bond motifs is 1. The van der Waals surface area contributed by atoms with E-state index in [2.05, 4.69) is 45.2 Å². The molecule has 1 aliphatic heterocycles. The molecule has 21 heavy (non-hydrogen) atoms. The van der Waals surface area contributed by atoms with Crippen LogP contribution in [0.4, 0.5) is 0 Å². The summed E-state index contributed by atoms with van der Waals surface area (Å²) in [6, 6.07) is 7.66. The predicted molar refractivity (Wildman–Crippen MR) is 84.3 cm³/mol. The summed E-state index contributed by atoms with van der Waals surface area (Å²) in [6.07, 6.45) is 11.0. The van der Waals surface area contributed by atoms with E-state index in [1.807, 2.05) is 0 Å². The van der Waals surface area contributed by atoms with E-state index in [9.17, 15) is 0 Å². The lowest BCUT2D eigenvalue weighted by Gasteiger charge is -2.30. The second kappa shape index (κ2) is 5.78. The second-order valence-electron chi connectivity index (χ2n) is 6.51. The number of hydrogen-bond donors (Lipinski definition) is 1. The molecule has 0 amide bonds. The highest BCUT2D eigenvalue weighted by molar-refractivity contribution is 5.39. The molecular weight excluding hydrogens is 260 g/mol. The Bertz CT molecular complexity index is 563. The van der Waals surface area contributed by atoms with Crippen molar-refractivity contribution in [3.8, 4) is 0 Å². The molecular formula is C17H24N4. The molecule has 0 bridgehead atoms. The summed E-state index contributed by atoms with van der Waals surface area (Å²) in [5.74, 6) is 0. The molecule has 0 aromatic carbocycles. The molecule has 4 nitrogen and oxygen atoms in total. The number of rotatable bonds is 5. The van der Waals surface area contributed by atoms with Crippen LogP contribution in [-0.4, -0.2) is 39.5 Å². The lowest BCUT2D eigenvalue weighted by molar-refractivity contribution is 0.206. The van der Waals surface area contributed by atoms with Gasteiger partial charge in [-0.15, -0.1) is 0 Å². The Morgan fingerprint density at radius 2 is 2.19 bits per heavy atom. The minimum atomic E-state index is 0.677. The first kappa shape index (κ1) is 13.3. The first-order valence-corrected chi connectivity index (χ1v) is 8.28. The Kier molecular flexibility index (Phi) is 3.65. The van der Waals surface area contributed by atoms with Gasteiger partial charge in [-0.2, -0.15) is 0 Å². The molecule has 4 heteroatoms. The zero-order valence-electron chi connectivity index (χ0n) is 12.5. The highest BCUT2D eigenvalue weighted by Crippen LogP contribution is 2.29. The van der Waals surface area contributed by atoms with Gasteiger partial charge in [0.15, 0.2) is 0 Å². The molecule has 1 saturated carbocycles. The van der Waals surface area contributed by atoms with E-state index in [4.69, 9.17) is 4.98 Å². The molecule has 2 aromatic heterocycles. The van der Waals surface area contributed by atoms with Gasteiger partial charge in [-0.05, 0) is 44.4 Å². The van der Waals surface area contributed by atoms with E-state index in [1.165, 1.54) is 50.9 Å². The van der Waals surface area contributed by atoms with Crippen LogP contribution in [0.25, 0.3) is 5.65 Å². The van der Waals surface area contributed by atoms with Gasteiger partial charge in [0.2, 0.25) is 0 Å². The van der Waals surface area contributed by atoms with Crippen molar-refractivity contribution in [2.24, 2.45) is 0 Å². The van der Waals surface area contributed by atoms with E-state index in [0.717, 1.165) is 18.2 Å². The molecule has 1 aliphatic carbocycles. The lowest BCUT2D eigenvalue weighted by Crippen LogP contribution is -2.44. The third-order valence-electron chi connectivity index (χ3n) is 4.71. The fourth-order valence-corrected chi connectivity index (χ4v) is 3.42. The van der Waals surface area contributed by atoms with Crippen LogP contribution in [-0.2, 0) is 6.54 Å². The van der Waals surface area contributed by atoms with E-state index >= 15 is 0 Å². The number of nitrogens with zero attached hydrogens (tertiary/aromatic N) is 3. The van der Waals surface area contributed by atoms with Gasteiger partial charge in [-0.1, -0.05) is 12.5 Å². The summed E-state index contributed by atoms with van der Waals surface area (Å²) in [4.78, 5) is 7.40. The van der Waals surface area contributed by atoms with Crippen molar-refractivity contribution in [2.75, 3.05) is 13.1 Å². The van der Waals surface area contributed by atoms with Crippen LogP contribution in [0.5, 0.6) is 0 Å². The van der Waals surface area contributed by atoms with Crippen LogP contribution in [0.3, 0.4) is 0 Å². The number of piperidine rings is 1. The summed E-state index contributed by atoms with van der Waals surface area (Å²) >= 11 is 0. The fourth-order valence-electron chi connectivity index (χ4n) is 3.42. The molecule has 0 radical (unpaired) electrons. The molecule has 1 atom stereocenters. The fraction of sp³-hybridized carbons (Fsp3) is 0.588. The van der Waals surface area contributed by atoms with Crippen LogP contribution < -0.4 is 5.32 Å². The molecule has 4 rings (SSSR count). The first-order valence-electron chi connectivity index (χ1n) is 8.28. The Morgan fingerprint density at radius 3 is 2.95 bits per heavy atom. The smallest absolute Gasteiger partial charge is 0.137 e. The summed E-state index contributed by atoms with van der Waals surface area (Å²) in [6.45, 7) is 3.36. The van der Waals surface area contributed by atoms with Crippen molar-refractivity contribution >= 4 is 5.65 Å². The van der Waals surface area contributed by atoms with Gasteiger partial charge in [0.25, 0.3) is 0 Å². The highest BCUT2D eigenvalue weighted by Gasteiger charge is 2.31. The van der Waals surface area contributed by atoms with Gasteiger partial charge in [0.1, 0.15) is 5.65 Å². The lowest BCUT2D eigenvalue weighted by atomic mass is 10.0. The van der Waals surface area contributed by atoms with E-state index in [-0.39, 0.29) is 0 Å². The maximum Gasteiger partial charge on any atom is 0.137 e. The van der Waals surface area contributed by atoms with Crippen LogP contribution in [0.15, 0.2) is 30.6 Å². The Morgan fingerprint density at radius 1 is 1.24 bits per heavy atom. The number of nitrogens with one attached hydrogen (secondary N) is 1. The van der Waals surface area contributed by atoms with Crippen LogP contribution in [0.2, 0.25) is 0 Å². The van der Waals surface area contributed by atoms with E-state index in [0.29, 0.717) is 6.04 Å². The van der Waals surface area contributed by atoms with Crippen molar-refractivity contribution in [1.82, 2.24) is 19.6 Å². The van der Waals surface area contributed by atoms with Crippen molar-refractivity contribution in [1.29, 1.82) is 0 Å². The summed E-state index contributed by atoms with van der Waals surface area (Å²) in [5.41, 5.74) is 2.25. The average molecular weight is 284 g/mol. The predicted octanol–water partition coefficient (Wildman–Crippen LogP) is 2.44. The Hall–Kier alpha value is -1.39. The molecule has 3 heterocycles. The van der Waals surface area contributed by atoms with Crippen molar-refractivity contribution in [3.05, 3.63) is 36.3 Å². The standard InChI is InChI=1S/C17H24N4/c1-3-9-18-14(5-1)11-21(16-7-8-16)13-15-12-20-10-4-2-6-17(20)19-15/h2,4,6,10,12,14,16,18H,1,3,5,7-9,11,13H2. The Labute approximate surface area is 126 Å². The van der Waals surface area contributed by atoms with Gasteiger partial charge < -0.3 is 9.72 Å². The number of imidazole rings is 1. The monoisotopic (exact) mass is 284 g/mol. The molecule has 2 fully saturated rings. The van der Waals surface area contributed by atoms with E-state index < -0.39 is 0 Å². The van der Waals surface area contributed by atoms with Crippen LogP contribution in [0, 0.1) is 0 Å². The normalized spacial score (nSPS) is 23.0. The van der Waals surface area contributed by atoms with Crippen LogP contribution >= 0.6 is 0 Å². The maximum absolute atomic E-state index is 4.76.